The predicted octanol–water partition coefficient (Wildman–Crippen LogP) is -0.0665. The van der Waals surface area contributed by atoms with Crippen molar-refractivity contribution >= 4 is 0 Å². The largest absolute Gasteiger partial charge is 0.466 e. The highest BCUT2D eigenvalue weighted by Gasteiger charge is 2.03. The van der Waals surface area contributed by atoms with Gasteiger partial charge in [-0.05, 0) is 6.92 Å². The summed E-state index contributed by atoms with van der Waals surface area (Å²) in [5.74, 6) is 0. The number of nitrogens with zero attached hydrogens (tertiary/aromatic N) is 3. The van der Waals surface area contributed by atoms with Crippen molar-refractivity contribution in [2.45, 2.75) is 13.0 Å². The quantitative estimate of drug-likeness (QED) is 0.647. The van der Waals surface area contributed by atoms with Crippen molar-refractivity contribution in [1.29, 1.82) is 0 Å². The zero-order valence-electron chi connectivity index (χ0n) is 6.35. The maximum atomic E-state index is 9.00. The fourth-order valence-electron chi connectivity index (χ4n) is 0.558. The summed E-state index contributed by atoms with van der Waals surface area (Å²) in [6.07, 6.45) is 0.789. The molecule has 1 unspecified atom stereocenters. The fraction of sp³-hybridized carbons (Fsp3) is 0.500. The molecule has 5 nitrogen and oxygen atoms in total. The molecule has 0 amide bonds. The molecule has 0 saturated carbocycles. The van der Waals surface area contributed by atoms with E-state index in [4.69, 9.17) is 5.11 Å². The summed E-state index contributed by atoms with van der Waals surface area (Å²) in [5.41, 5.74) is 0.436. The number of hydrogen-bond donors (Lipinski definition) is 1. The van der Waals surface area contributed by atoms with Gasteiger partial charge < -0.3 is 9.84 Å². The van der Waals surface area contributed by atoms with Gasteiger partial charge in [0.2, 0.25) is 0 Å². The Hall–Kier alpha value is -1.23. The second-order valence-electron chi connectivity index (χ2n) is 2.05. The standard InChI is InChI=1S/C6H9N3O2/c1-4(10)5-3-7-6(11-2)9-8-5/h3-4,10H,1-2H3. The van der Waals surface area contributed by atoms with Gasteiger partial charge in [0.05, 0.1) is 19.4 Å². The third-order valence-corrected chi connectivity index (χ3v) is 1.17. The minimum atomic E-state index is -0.638. The third kappa shape index (κ3) is 1.84. The molecule has 0 bridgehead atoms. The van der Waals surface area contributed by atoms with Crippen molar-refractivity contribution in [2.75, 3.05) is 7.11 Å². The highest BCUT2D eigenvalue weighted by Crippen LogP contribution is 2.06. The third-order valence-electron chi connectivity index (χ3n) is 1.17. The fourth-order valence-corrected chi connectivity index (χ4v) is 0.558. The minimum Gasteiger partial charge on any atom is -0.466 e. The molecule has 60 valence electrons. The van der Waals surface area contributed by atoms with Gasteiger partial charge in [-0.1, -0.05) is 5.10 Å². The molecule has 0 spiro atoms. The van der Waals surface area contributed by atoms with Crippen LogP contribution in [0.2, 0.25) is 0 Å². The molecule has 1 N–H and O–H groups in total. The van der Waals surface area contributed by atoms with Crippen LogP contribution in [0.25, 0.3) is 0 Å². The molecule has 1 aromatic heterocycles. The molecule has 1 aromatic rings. The molecule has 1 atom stereocenters. The lowest BCUT2D eigenvalue weighted by molar-refractivity contribution is 0.191. The van der Waals surface area contributed by atoms with Gasteiger partial charge in [0.1, 0.15) is 5.69 Å². The van der Waals surface area contributed by atoms with Gasteiger partial charge >= 0.3 is 6.01 Å². The van der Waals surface area contributed by atoms with E-state index < -0.39 is 6.10 Å². The molecule has 0 aliphatic heterocycles. The van der Waals surface area contributed by atoms with E-state index >= 15 is 0 Å². The first-order chi connectivity index (χ1) is 5.24. The molecule has 1 heterocycles. The summed E-state index contributed by atoms with van der Waals surface area (Å²) in [5, 5.41) is 16.2. The van der Waals surface area contributed by atoms with Crippen LogP contribution in [0, 0.1) is 0 Å². The van der Waals surface area contributed by atoms with Crippen LogP contribution in [-0.4, -0.2) is 27.4 Å². The smallest absolute Gasteiger partial charge is 0.335 e. The summed E-state index contributed by atoms with van der Waals surface area (Å²) >= 11 is 0. The summed E-state index contributed by atoms with van der Waals surface area (Å²) in [6, 6.07) is 0.203. The van der Waals surface area contributed by atoms with Crippen LogP contribution in [0.5, 0.6) is 6.01 Å². The van der Waals surface area contributed by atoms with Crippen LogP contribution in [0.4, 0.5) is 0 Å². The normalized spacial score (nSPS) is 12.6. The Morgan fingerprint density at radius 1 is 1.55 bits per heavy atom. The molecule has 0 aliphatic carbocycles. The van der Waals surface area contributed by atoms with E-state index in [2.05, 4.69) is 19.9 Å². The Kier molecular flexibility index (Phi) is 2.32. The maximum absolute atomic E-state index is 9.00. The van der Waals surface area contributed by atoms with Crippen molar-refractivity contribution in [3.63, 3.8) is 0 Å². The second-order valence-corrected chi connectivity index (χ2v) is 2.05. The van der Waals surface area contributed by atoms with E-state index in [0.29, 0.717) is 5.69 Å². The monoisotopic (exact) mass is 155 g/mol. The van der Waals surface area contributed by atoms with E-state index in [1.165, 1.54) is 13.3 Å². The lowest BCUT2D eigenvalue weighted by Gasteiger charge is -2.00. The van der Waals surface area contributed by atoms with Gasteiger partial charge in [0.25, 0.3) is 0 Å². The Labute approximate surface area is 64.1 Å². The van der Waals surface area contributed by atoms with E-state index in [1.807, 2.05) is 0 Å². The molecule has 0 saturated heterocycles. The molecule has 5 heteroatoms. The van der Waals surface area contributed by atoms with Gasteiger partial charge in [-0.3, -0.25) is 0 Å². The lowest BCUT2D eigenvalue weighted by atomic mass is 10.3. The minimum absolute atomic E-state index is 0.203. The first kappa shape index (κ1) is 7.87. The topological polar surface area (TPSA) is 68.1 Å². The first-order valence-corrected chi connectivity index (χ1v) is 3.15. The van der Waals surface area contributed by atoms with Crippen molar-refractivity contribution in [3.05, 3.63) is 11.9 Å². The maximum Gasteiger partial charge on any atom is 0.335 e. The van der Waals surface area contributed by atoms with Crippen molar-refractivity contribution in [3.8, 4) is 6.01 Å². The van der Waals surface area contributed by atoms with E-state index in [9.17, 15) is 0 Å². The molecule has 0 radical (unpaired) electrons. The van der Waals surface area contributed by atoms with Gasteiger partial charge in [0.15, 0.2) is 0 Å². The number of aliphatic hydroxyl groups excluding tert-OH is 1. The summed E-state index contributed by atoms with van der Waals surface area (Å²) in [7, 11) is 1.46. The van der Waals surface area contributed by atoms with Crippen LogP contribution >= 0.6 is 0 Å². The van der Waals surface area contributed by atoms with Gasteiger partial charge in [-0.15, -0.1) is 5.10 Å². The number of hydrogen-bond acceptors (Lipinski definition) is 5. The molecular formula is C6H9N3O2. The zero-order valence-corrected chi connectivity index (χ0v) is 6.35. The van der Waals surface area contributed by atoms with E-state index in [1.54, 1.807) is 6.92 Å². The number of rotatable bonds is 2. The number of methoxy groups -OCH3 is 1. The average molecular weight is 155 g/mol. The van der Waals surface area contributed by atoms with Crippen molar-refractivity contribution in [2.24, 2.45) is 0 Å². The van der Waals surface area contributed by atoms with Crippen molar-refractivity contribution in [1.82, 2.24) is 15.2 Å². The summed E-state index contributed by atoms with van der Waals surface area (Å²) < 4.78 is 4.68. The van der Waals surface area contributed by atoms with Gasteiger partial charge in [-0.25, -0.2) is 4.98 Å². The number of aromatic nitrogens is 3. The molecular weight excluding hydrogens is 146 g/mol. The Bertz CT molecular complexity index is 222. The number of ether oxygens (including phenoxy) is 1. The summed E-state index contributed by atoms with van der Waals surface area (Å²) in [4.78, 5) is 3.76. The first-order valence-electron chi connectivity index (χ1n) is 3.15. The lowest BCUT2D eigenvalue weighted by Crippen LogP contribution is -2.01. The van der Waals surface area contributed by atoms with Crippen LogP contribution in [0.15, 0.2) is 6.20 Å². The van der Waals surface area contributed by atoms with Crippen LogP contribution in [-0.2, 0) is 0 Å². The molecule has 0 fully saturated rings. The highest BCUT2D eigenvalue weighted by molar-refractivity contribution is 4.99. The molecule has 1 rings (SSSR count). The Balaban J connectivity index is 2.83. The summed E-state index contributed by atoms with van der Waals surface area (Å²) in [6.45, 7) is 1.60. The van der Waals surface area contributed by atoms with E-state index in [0.717, 1.165) is 0 Å². The molecule has 0 aromatic carbocycles. The second kappa shape index (κ2) is 3.25. The van der Waals surface area contributed by atoms with E-state index in [-0.39, 0.29) is 6.01 Å². The van der Waals surface area contributed by atoms with Crippen molar-refractivity contribution < 1.29 is 9.84 Å². The average Bonchev–Trinajstić information content (AvgIpc) is 2.05. The van der Waals surface area contributed by atoms with Crippen LogP contribution < -0.4 is 4.74 Å². The van der Waals surface area contributed by atoms with Gasteiger partial charge in [0, 0.05) is 0 Å². The number of aliphatic hydroxyl groups is 1. The molecule has 0 aliphatic rings. The Morgan fingerprint density at radius 3 is 2.64 bits per heavy atom. The SMILES string of the molecule is COc1ncc(C(C)O)nn1. The Morgan fingerprint density at radius 2 is 2.27 bits per heavy atom. The highest BCUT2D eigenvalue weighted by atomic mass is 16.5. The zero-order chi connectivity index (χ0) is 8.27. The van der Waals surface area contributed by atoms with Crippen LogP contribution in [0.3, 0.4) is 0 Å². The van der Waals surface area contributed by atoms with Crippen LogP contribution in [0.1, 0.15) is 18.7 Å². The molecule has 11 heavy (non-hydrogen) atoms. The predicted molar refractivity (Wildman–Crippen MR) is 37.0 cm³/mol. The van der Waals surface area contributed by atoms with Gasteiger partial charge in [-0.2, -0.15) is 0 Å².